The van der Waals surface area contributed by atoms with Crippen LogP contribution in [0.3, 0.4) is 0 Å². The lowest BCUT2D eigenvalue weighted by atomic mass is 9.78. The molecule has 0 saturated carbocycles. The predicted molar refractivity (Wildman–Crippen MR) is 109 cm³/mol. The van der Waals surface area contributed by atoms with Crippen molar-refractivity contribution in [1.82, 2.24) is 0 Å². The van der Waals surface area contributed by atoms with Gasteiger partial charge in [-0.15, -0.1) is 0 Å². The molecule has 0 spiro atoms. The van der Waals surface area contributed by atoms with Crippen molar-refractivity contribution in [3.8, 4) is 6.07 Å². The fourth-order valence-corrected chi connectivity index (χ4v) is 3.40. The molecule has 0 aliphatic heterocycles. The van der Waals surface area contributed by atoms with Gasteiger partial charge in [-0.05, 0) is 47.5 Å². The van der Waals surface area contributed by atoms with Crippen LogP contribution in [0.4, 0.5) is 0 Å². The molecule has 0 saturated heterocycles. The van der Waals surface area contributed by atoms with Crippen molar-refractivity contribution in [3.63, 3.8) is 0 Å². The van der Waals surface area contributed by atoms with Crippen LogP contribution in [0.15, 0.2) is 78.9 Å². The predicted octanol–water partition coefficient (Wildman–Crippen LogP) is 6.66. The molecular weight excluding hydrogens is 377 g/mol. The molecule has 3 rings (SSSR count). The molecular formula is C23H17Cl2NO. The highest BCUT2D eigenvalue weighted by Crippen LogP contribution is 2.36. The summed E-state index contributed by atoms with van der Waals surface area (Å²) < 4.78 is 0. The number of hydrogen-bond donors (Lipinski definition) is 0. The molecule has 0 heterocycles. The van der Waals surface area contributed by atoms with E-state index in [1.807, 2.05) is 42.5 Å². The Balaban J connectivity index is 1.96. The molecule has 4 heteroatoms. The highest BCUT2D eigenvalue weighted by Gasteiger charge is 2.27. The van der Waals surface area contributed by atoms with Gasteiger partial charge in [0.25, 0.3) is 0 Å². The zero-order valence-corrected chi connectivity index (χ0v) is 16.0. The van der Waals surface area contributed by atoms with Crippen molar-refractivity contribution >= 4 is 29.0 Å². The van der Waals surface area contributed by atoms with E-state index in [1.165, 1.54) is 0 Å². The summed E-state index contributed by atoms with van der Waals surface area (Å²) in [7, 11) is 0. The normalized spacial score (nSPS) is 12.8. The van der Waals surface area contributed by atoms with Gasteiger partial charge in [0.2, 0.25) is 0 Å². The molecule has 2 nitrogen and oxygen atoms in total. The van der Waals surface area contributed by atoms with Gasteiger partial charge in [-0.25, -0.2) is 0 Å². The van der Waals surface area contributed by atoms with Crippen LogP contribution >= 0.6 is 23.2 Å². The van der Waals surface area contributed by atoms with E-state index in [0.717, 1.165) is 11.1 Å². The summed E-state index contributed by atoms with van der Waals surface area (Å²) in [5.74, 6) is -0.746. The maximum Gasteiger partial charge on any atom is 0.163 e. The van der Waals surface area contributed by atoms with Gasteiger partial charge in [0.05, 0.1) is 12.0 Å². The third-order valence-corrected chi connectivity index (χ3v) is 5.07. The number of nitrogens with zero attached hydrogens (tertiary/aromatic N) is 1. The molecule has 0 amide bonds. The average molecular weight is 394 g/mol. The molecule has 3 aromatic carbocycles. The number of carbonyl (C=O) groups excluding carboxylic acids is 1. The number of benzene rings is 3. The fraction of sp³-hybridized carbons (Fsp3) is 0.130. The van der Waals surface area contributed by atoms with Gasteiger partial charge in [0.15, 0.2) is 5.78 Å². The van der Waals surface area contributed by atoms with Crippen LogP contribution in [0.1, 0.15) is 39.7 Å². The van der Waals surface area contributed by atoms with Crippen LogP contribution in [0.2, 0.25) is 10.0 Å². The first-order chi connectivity index (χ1) is 13.1. The highest BCUT2D eigenvalue weighted by atomic mass is 35.5. The van der Waals surface area contributed by atoms with Crippen LogP contribution in [-0.2, 0) is 0 Å². The maximum atomic E-state index is 12.9. The van der Waals surface area contributed by atoms with Gasteiger partial charge in [0, 0.05) is 27.9 Å². The first kappa shape index (κ1) is 19.2. The van der Waals surface area contributed by atoms with Crippen molar-refractivity contribution < 1.29 is 4.79 Å². The summed E-state index contributed by atoms with van der Waals surface area (Å²) in [5, 5.41) is 11.1. The Morgan fingerprint density at radius 3 is 1.93 bits per heavy atom. The number of rotatable bonds is 6. The van der Waals surface area contributed by atoms with Gasteiger partial charge in [-0.3, -0.25) is 4.79 Å². The van der Waals surface area contributed by atoms with Crippen LogP contribution in [-0.4, -0.2) is 5.78 Å². The number of ketones is 1. The van der Waals surface area contributed by atoms with E-state index in [1.54, 1.807) is 36.4 Å². The van der Waals surface area contributed by atoms with Crippen molar-refractivity contribution in [1.29, 1.82) is 5.26 Å². The molecule has 0 aliphatic carbocycles. The Morgan fingerprint density at radius 1 is 0.815 bits per heavy atom. The van der Waals surface area contributed by atoms with E-state index in [9.17, 15) is 10.1 Å². The molecule has 2 atom stereocenters. The molecule has 27 heavy (non-hydrogen) atoms. The monoisotopic (exact) mass is 393 g/mol. The minimum absolute atomic E-state index is 0.0252. The highest BCUT2D eigenvalue weighted by molar-refractivity contribution is 6.30. The largest absolute Gasteiger partial charge is 0.294 e. The summed E-state index contributed by atoms with van der Waals surface area (Å²) in [5.41, 5.74) is 2.39. The summed E-state index contributed by atoms with van der Waals surface area (Å²) in [6.07, 6.45) is 0.219. The van der Waals surface area contributed by atoms with Gasteiger partial charge < -0.3 is 0 Å². The number of nitriles is 1. The van der Waals surface area contributed by atoms with Gasteiger partial charge in [-0.2, -0.15) is 5.26 Å². The third kappa shape index (κ3) is 4.77. The number of halogens is 2. The van der Waals surface area contributed by atoms with E-state index in [2.05, 4.69) is 6.07 Å². The van der Waals surface area contributed by atoms with E-state index < -0.39 is 5.92 Å². The number of carbonyl (C=O) groups is 1. The first-order valence-electron chi connectivity index (χ1n) is 8.57. The summed E-state index contributed by atoms with van der Waals surface area (Å²) in [6.45, 7) is 0. The maximum absolute atomic E-state index is 12.9. The second kappa shape index (κ2) is 8.86. The number of Topliss-reactive ketones (excluding diaryl/α,β-unsaturated/α-hetero) is 1. The second-order valence-electron chi connectivity index (χ2n) is 6.31. The van der Waals surface area contributed by atoms with Crippen molar-refractivity contribution in [2.24, 2.45) is 0 Å². The molecule has 134 valence electrons. The molecule has 0 fully saturated rings. The average Bonchev–Trinajstić information content (AvgIpc) is 2.70. The van der Waals surface area contributed by atoms with E-state index in [-0.39, 0.29) is 18.1 Å². The molecule has 0 bridgehead atoms. The van der Waals surface area contributed by atoms with Crippen LogP contribution in [0, 0.1) is 11.3 Å². The number of hydrogen-bond acceptors (Lipinski definition) is 2. The van der Waals surface area contributed by atoms with Crippen LogP contribution in [0.5, 0.6) is 0 Å². The Hall–Kier alpha value is -2.60. The topological polar surface area (TPSA) is 40.9 Å². The zero-order chi connectivity index (χ0) is 19.2. The smallest absolute Gasteiger partial charge is 0.163 e. The molecule has 2 unspecified atom stereocenters. The first-order valence-corrected chi connectivity index (χ1v) is 9.33. The van der Waals surface area contributed by atoms with Crippen LogP contribution < -0.4 is 0 Å². The summed E-state index contributed by atoms with van der Waals surface area (Å²) in [6, 6.07) is 26.1. The quantitative estimate of drug-likeness (QED) is 0.439. The summed E-state index contributed by atoms with van der Waals surface area (Å²) >= 11 is 11.9. The molecule has 0 radical (unpaired) electrons. The van der Waals surface area contributed by atoms with E-state index >= 15 is 0 Å². The summed E-state index contributed by atoms with van der Waals surface area (Å²) in [4.78, 5) is 12.9. The van der Waals surface area contributed by atoms with Gasteiger partial charge in [-0.1, -0.05) is 65.7 Å². The van der Waals surface area contributed by atoms with Crippen molar-refractivity contribution in [2.75, 3.05) is 0 Å². The Morgan fingerprint density at radius 2 is 1.37 bits per heavy atom. The fourth-order valence-electron chi connectivity index (χ4n) is 3.15. The Labute approximate surface area is 169 Å². The second-order valence-corrected chi connectivity index (χ2v) is 7.18. The molecule has 3 aromatic rings. The standard InChI is InChI=1S/C23H17Cl2NO/c24-19-10-6-17(7-11-19)21(22(15-26)16-4-2-1-3-5-16)14-23(27)18-8-12-20(25)13-9-18/h1-13,21-22H,14H2. The lowest BCUT2D eigenvalue weighted by Crippen LogP contribution is -2.15. The van der Waals surface area contributed by atoms with Crippen molar-refractivity contribution in [3.05, 3.63) is 106 Å². The van der Waals surface area contributed by atoms with Gasteiger partial charge in [0.1, 0.15) is 0 Å². The van der Waals surface area contributed by atoms with Gasteiger partial charge >= 0.3 is 0 Å². The van der Waals surface area contributed by atoms with E-state index in [4.69, 9.17) is 23.2 Å². The van der Waals surface area contributed by atoms with Crippen LogP contribution in [0.25, 0.3) is 0 Å². The minimum Gasteiger partial charge on any atom is -0.294 e. The lowest BCUT2D eigenvalue weighted by molar-refractivity contribution is 0.0972. The zero-order valence-electron chi connectivity index (χ0n) is 14.5. The van der Waals surface area contributed by atoms with E-state index in [0.29, 0.717) is 15.6 Å². The molecule has 0 N–H and O–H groups in total. The lowest BCUT2D eigenvalue weighted by Gasteiger charge is -2.22. The Bertz CT molecular complexity index is 944. The Kier molecular flexibility index (Phi) is 6.29. The van der Waals surface area contributed by atoms with Crippen molar-refractivity contribution in [2.45, 2.75) is 18.3 Å². The SMILES string of the molecule is N#CC(c1ccccc1)C(CC(=O)c1ccc(Cl)cc1)c1ccc(Cl)cc1. The molecule has 0 aliphatic rings. The third-order valence-electron chi connectivity index (χ3n) is 4.57. The molecule has 0 aromatic heterocycles. The minimum atomic E-state index is -0.441.